The topological polar surface area (TPSA) is 87.6 Å². The molecule has 6 heteroatoms. The molecule has 6 nitrogen and oxygen atoms in total. The number of rotatable bonds is 5. The SMILES string of the molecule is CC1(C)[C@@H]2CC[C@@]1(C)[C@@H]1O[C@@H](O[C@H](CN)c3ccc([N+](=O)[O-])cc3)C[C@H]21. The van der Waals surface area contributed by atoms with Gasteiger partial charge in [0.1, 0.15) is 0 Å². The smallest absolute Gasteiger partial charge is 0.269 e. The van der Waals surface area contributed by atoms with Crippen LogP contribution in [-0.2, 0) is 9.47 Å². The van der Waals surface area contributed by atoms with Crippen LogP contribution in [0.5, 0.6) is 0 Å². The summed E-state index contributed by atoms with van der Waals surface area (Å²) in [5.41, 5.74) is 7.38. The Morgan fingerprint density at radius 1 is 1.35 bits per heavy atom. The first-order valence-electron chi connectivity index (χ1n) is 9.53. The Balaban J connectivity index is 1.46. The van der Waals surface area contributed by atoms with Gasteiger partial charge in [0.25, 0.3) is 5.69 Å². The highest BCUT2D eigenvalue weighted by molar-refractivity contribution is 5.34. The zero-order chi connectivity index (χ0) is 18.7. The van der Waals surface area contributed by atoms with Crippen LogP contribution in [0.4, 0.5) is 5.69 Å². The molecule has 1 saturated heterocycles. The Morgan fingerprint density at radius 2 is 2.04 bits per heavy atom. The van der Waals surface area contributed by atoms with E-state index in [9.17, 15) is 10.1 Å². The molecule has 2 saturated carbocycles. The molecule has 4 rings (SSSR count). The molecule has 1 aromatic rings. The van der Waals surface area contributed by atoms with E-state index in [1.807, 2.05) is 0 Å². The lowest BCUT2D eigenvalue weighted by atomic mass is 9.70. The van der Waals surface area contributed by atoms with E-state index in [1.165, 1.54) is 25.0 Å². The fourth-order valence-corrected chi connectivity index (χ4v) is 5.84. The van der Waals surface area contributed by atoms with Crippen LogP contribution < -0.4 is 5.73 Å². The first-order valence-corrected chi connectivity index (χ1v) is 9.53. The number of non-ortho nitro benzene ring substituents is 1. The molecule has 2 aliphatic carbocycles. The van der Waals surface area contributed by atoms with E-state index < -0.39 is 4.92 Å². The van der Waals surface area contributed by atoms with Gasteiger partial charge < -0.3 is 15.2 Å². The summed E-state index contributed by atoms with van der Waals surface area (Å²) in [6.07, 6.45) is 3.13. The van der Waals surface area contributed by atoms with E-state index in [0.29, 0.717) is 23.8 Å². The molecule has 0 aromatic heterocycles. The second-order valence-corrected chi connectivity index (χ2v) is 8.88. The van der Waals surface area contributed by atoms with Crippen molar-refractivity contribution in [1.82, 2.24) is 0 Å². The third-order valence-electron chi connectivity index (χ3n) is 7.68. The number of nitrogens with two attached hydrogens (primary N) is 1. The van der Waals surface area contributed by atoms with Crippen LogP contribution >= 0.6 is 0 Å². The zero-order valence-electron chi connectivity index (χ0n) is 15.7. The lowest BCUT2D eigenvalue weighted by Crippen LogP contribution is -2.38. The van der Waals surface area contributed by atoms with Crippen LogP contribution in [0.25, 0.3) is 0 Å². The standard InChI is InChI=1S/C20H28N2O4/c1-19(2)15-8-9-20(19,3)18-14(15)10-17(26-18)25-16(11-21)12-4-6-13(7-5-12)22(23)24/h4-7,14-18H,8-11,21H2,1-3H3/t14-,15-,16-,17-,18-,20+/m1/s1. The molecule has 2 bridgehead atoms. The zero-order valence-corrected chi connectivity index (χ0v) is 15.7. The lowest BCUT2D eigenvalue weighted by molar-refractivity contribution is -0.384. The molecule has 26 heavy (non-hydrogen) atoms. The number of ether oxygens (including phenoxy) is 2. The minimum atomic E-state index is -0.401. The summed E-state index contributed by atoms with van der Waals surface area (Å²) in [7, 11) is 0. The number of hydrogen-bond donors (Lipinski definition) is 1. The summed E-state index contributed by atoms with van der Waals surface area (Å²) in [5, 5.41) is 10.8. The van der Waals surface area contributed by atoms with Crippen LogP contribution in [0.3, 0.4) is 0 Å². The summed E-state index contributed by atoms with van der Waals surface area (Å²) >= 11 is 0. The fourth-order valence-electron chi connectivity index (χ4n) is 5.84. The van der Waals surface area contributed by atoms with E-state index in [4.69, 9.17) is 15.2 Å². The van der Waals surface area contributed by atoms with Gasteiger partial charge in [0.2, 0.25) is 0 Å². The van der Waals surface area contributed by atoms with Gasteiger partial charge in [-0.15, -0.1) is 0 Å². The third-order valence-corrected chi connectivity index (χ3v) is 7.68. The average molecular weight is 360 g/mol. The minimum absolute atomic E-state index is 0.0721. The second kappa shape index (κ2) is 6.01. The number of benzene rings is 1. The number of fused-ring (bicyclic) bond motifs is 5. The molecule has 1 heterocycles. The van der Waals surface area contributed by atoms with E-state index in [1.54, 1.807) is 12.1 Å². The first-order chi connectivity index (χ1) is 12.3. The van der Waals surface area contributed by atoms with Crippen molar-refractivity contribution in [2.75, 3.05) is 6.54 Å². The molecule has 1 aliphatic heterocycles. The summed E-state index contributed by atoms with van der Waals surface area (Å²) in [4.78, 5) is 10.4. The molecule has 0 radical (unpaired) electrons. The molecule has 1 aromatic carbocycles. The summed E-state index contributed by atoms with van der Waals surface area (Å²) in [6, 6.07) is 6.43. The van der Waals surface area contributed by atoms with Crippen molar-refractivity contribution >= 4 is 5.69 Å². The van der Waals surface area contributed by atoms with Crippen LogP contribution in [-0.4, -0.2) is 23.9 Å². The van der Waals surface area contributed by atoms with Crippen LogP contribution in [0.1, 0.15) is 51.7 Å². The molecule has 142 valence electrons. The quantitative estimate of drug-likeness (QED) is 0.637. The molecule has 6 atom stereocenters. The Labute approximate surface area is 154 Å². The number of nitro benzene ring substituents is 1. The normalized spacial score (nSPS) is 38.3. The van der Waals surface area contributed by atoms with E-state index >= 15 is 0 Å². The summed E-state index contributed by atoms with van der Waals surface area (Å²) in [5.74, 6) is 1.26. The first kappa shape index (κ1) is 17.9. The van der Waals surface area contributed by atoms with Gasteiger partial charge in [-0.05, 0) is 53.2 Å². The third kappa shape index (κ3) is 2.42. The largest absolute Gasteiger partial charge is 0.349 e. The predicted molar refractivity (Wildman–Crippen MR) is 97.4 cm³/mol. The summed E-state index contributed by atoms with van der Waals surface area (Å²) in [6.45, 7) is 7.47. The fraction of sp³-hybridized carbons (Fsp3) is 0.700. The van der Waals surface area contributed by atoms with Crippen molar-refractivity contribution in [3.8, 4) is 0 Å². The van der Waals surface area contributed by atoms with E-state index in [2.05, 4.69) is 20.8 Å². The van der Waals surface area contributed by atoms with Crippen molar-refractivity contribution < 1.29 is 14.4 Å². The molecule has 0 unspecified atom stereocenters. The molecule has 0 amide bonds. The van der Waals surface area contributed by atoms with Gasteiger partial charge in [-0.1, -0.05) is 20.8 Å². The monoisotopic (exact) mass is 360 g/mol. The Kier molecular flexibility index (Phi) is 4.13. The van der Waals surface area contributed by atoms with Crippen LogP contribution in [0.15, 0.2) is 24.3 Å². The highest BCUT2D eigenvalue weighted by atomic mass is 16.7. The highest BCUT2D eigenvalue weighted by Crippen LogP contribution is 2.71. The van der Waals surface area contributed by atoms with Crippen molar-refractivity contribution in [3.63, 3.8) is 0 Å². The number of hydrogen-bond acceptors (Lipinski definition) is 5. The van der Waals surface area contributed by atoms with Crippen molar-refractivity contribution in [2.24, 2.45) is 28.4 Å². The second-order valence-electron chi connectivity index (χ2n) is 8.88. The van der Waals surface area contributed by atoms with Gasteiger partial charge in [0, 0.05) is 25.1 Å². The van der Waals surface area contributed by atoms with E-state index in [0.717, 1.165) is 12.0 Å². The number of nitrogens with zero attached hydrogens (tertiary/aromatic N) is 1. The predicted octanol–water partition coefficient (Wildman–Crippen LogP) is 3.80. The molecular formula is C20H28N2O4. The maximum absolute atomic E-state index is 10.8. The molecule has 2 N–H and O–H groups in total. The van der Waals surface area contributed by atoms with Gasteiger partial charge in [0.15, 0.2) is 6.29 Å². The highest BCUT2D eigenvalue weighted by Gasteiger charge is 2.69. The Morgan fingerprint density at radius 3 is 2.62 bits per heavy atom. The van der Waals surface area contributed by atoms with Gasteiger partial charge in [-0.2, -0.15) is 0 Å². The Bertz CT molecular complexity index is 704. The molecule has 0 spiro atoms. The van der Waals surface area contributed by atoms with Crippen molar-refractivity contribution in [1.29, 1.82) is 0 Å². The van der Waals surface area contributed by atoms with Gasteiger partial charge in [-0.3, -0.25) is 10.1 Å². The van der Waals surface area contributed by atoms with Crippen LogP contribution in [0.2, 0.25) is 0 Å². The summed E-state index contributed by atoms with van der Waals surface area (Å²) < 4.78 is 12.6. The lowest BCUT2D eigenvalue weighted by Gasteiger charge is -2.39. The maximum Gasteiger partial charge on any atom is 0.269 e. The average Bonchev–Trinajstić information content (AvgIpc) is 3.17. The maximum atomic E-state index is 10.8. The van der Waals surface area contributed by atoms with Crippen molar-refractivity contribution in [3.05, 3.63) is 39.9 Å². The molecular weight excluding hydrogens is 332 g/mol. The van der Waals surface area contributed by atoms with Gasteiger partial charge in [-0.25, -0.2) is 0 Å². The molecule has 3 aliphatic rings. The van der Waals surface area contributed by atoms with Crippen LogP contribution in [0, 0.1) is 32.8 Å². The number of nitro groups is 1. The van der Waals surface area contributed by atoms with Gasteiger partial charge >= 0.3 is 0 Å². The van der Waals surface area contributed by atoms with Gasteiger partial charge in [0.05, 0.1) is 17.1 Å². The Hall–Kier alpha value is -1.50. The van der Waals surface area contributed by atoms with Crippen molar-refractivity contribution in [2.45, 2.75) is 58.5 Å². The van der Waals surface area contributed by atoms with E-state index in [-0.39, 0.29) is 29.6 Å². The molecule has 3 fully saturated rings. The minimum Gasteiger partial charge on any atom is -0.349 e.